The van der Waals surface area contributed by atoms with Crippen LogP contribution in [-0.2, 0) is 23.5 Å². The average Bonchev–Trinajstić information content (AvgIpc) is 3.55. The molecule has 0 radical (unpaired) electrons. The van der Waals surface area contributed by atoms with Crippen LogP contribution < -0.4 is 15.5 Å². The van der Waals surface area contributed by atoms with Gasteiger partial charge in [-0.25, -0.2) is 9.97 Å². The van der Waals surface area contributed by atoms with Gasteiger partial charge in [-0.3, -0.25) is 0 Å². The number of fused-ring (bicyclic) bond motifs is 1. The smallest absolute Gasteiger partial charge is 0.177 e. The van der Waals surface area contributed by atoms with E-state index in [4.69, 9.17) is 0 Å². The second kappa shape index (κ2) is 11.3. The summed E-state index contributed by atoms with van der Waals surface area (Å²) in [6, 6.07) is 14.1. The number of aromatic nitrogens is 4. The molecular weight excluding hydrogens is 498 g/mol. The number of hydrogen-bond donors (Lipinski definition) is 2. The SMILES string of the molecule is CN(C)Cc1ccc(Nc2cc(Nc3ccc(N4CCCC4)c(C[S+](C)[O-])c3)nc3c(C#N)cnn23)nc1. The molecule has 4 heterocycles. The molecule has 0 saturated carbocycles. The summed E-state index contributed by atoms with van der Waals surface area (Å²) in [6.07, 6.45) is 7.42. The highest BCUT2D eigenvalue weighted by Gasteiger charge is 2.19. The number of hydrogen-bond acceptors (Lipinski definition) is 9. The van der Waals surface area contributed by atoms with E-state index in [1.54, 1.807) is 10.8 Å². The Morgan fingerprint density at radius 1 is 1.08 bits per heavy atom. The Balaban J connectivity index is 1.46. The van der Waals surface area contributed by atoms with E-state index in [1.807, 2.05) is 50.6 Å². The van der Waals surface area contributed by atoms with Crippen molar-refractivity contribution in [3.05, 3.63) is 65.5 Å². The summed E-state index contributed by atoms with van der Waals surface area (Å²) in [5.41, 5.74) is 4.93. The van der Waals surface area contributed by atoms with E-state index in [9.17, 15) is 9.81 Å². The van der Waals surface area contributed by atoms with Gasteiger partial charge in [-0.15, -0.1) is 0 Å². The van der Waals surface area contributed by atoms with Crippen molar-refractivity contribution in [2.24, 2.45) is 0 Å². The molecule has 5 rings (SSSR count). The second-order valence-electron chi connectivity index (χ2n) is 9.73. The zero-order valence-electron chi connectivity index (χ0n) is 21.8. The van der Waals surface area contributed by atoms with Gasteiger partial charge in [-0.2, -0.15) is 14.9 Å². The number of rotatable bonds is 9. The van der Waals surface area contributed by atoms with Gasteiger partial charge in [0, 0.05) is 48.8 Å². The van der Waals surface area contributed by atoms with E-state index in [-0.39, 0.29) is 0 Å². The van der Waals surface area contributed by atoms with Crippen LogP contribution in [0, 0.1) is 11.3 Å². The summed E-state index contributed by atoms with van der Waals surface area (Å²) in [4.78, 5) is 13.7. The number of nitriles is 1. The van der Waals surface area contributed by atoms with Crippen molar-refractivity contribution in [3.63, 3.8) is 0 Å². The van der Waals surface area contributed by atoms with Crippen molar-refractivity contribution in [3.8, 4) is 6.07 Å². The van der Waals surface area contributed by atoms with Gasteiger partial charge in [0.25, 0.3) is 0 Å². The first-order valence-electron chi connectivity index (χ1n) is 12.5. The fourth-order valence-electron chi connectivity index (χ4n) is 4.70. The molecular formula is C27H31N9OS. The van der Waals surface area contributed by atoms with Crippen molar-refractivity contribution >= 4 is 45.7 Å². The Hall–Kier alpha value is -3.85. The van der Waals surface area contributed by atoms with E-state index in [2.05, 4.69) is 47.6 Å². The molecule has 11 heteroatoms. The Morgan fingerprint density at radius 3 is 2.58 bits per heavy atom. The van der Waals surface area contributed by atoms with Crippen LogP contribution >= 0.6 is 0 Å². The summed E-state index contributed by atoms with van der Waals surface area (Å²) >= 11 is -0.968. The number of benzene rings is 1. The van der Waals surface area contributed by atoms with Crippen molar-refractivity contribution < 1.29 is 4.55 Å². The zero-order valence-corrected chi connectivity index (χ0v) is 22.6. The van der Waals surface area contributed by atoms with E-state index in [1.165, 1.54) is 19.0 Å². The van der Waals surface area contributed by atoms with Crippen molar-refractivity contribution in [1.29, 1.82) is 5.26 Å². The van der Waals surface area contributed by atoms with Crippen LogP contribution in [0.3, 0.4) is 0 Å². The summed E-state index contributed by atoms with van der Waals surface area (Å²) in [6.45, 7) is 2.84. The molecule has 1 aliphatic rings. The van der Waals surface area contributed by atoms with Crippen LogP contribution in [0.1, 0.15) is 29.5 Å². The van der Waals surface area contributed by atoms with Crippen LogP contribution in [0.4, 0.5) is 28.8 Å². The molecule has 1 atom stereocenters. The first-order valence-corrected chi connectivity index (χ1v) is 14.2. The van der Waals surface area contributed by atoms with Crippen LogP contribution in [0.5, 0.6) is 0 Å². The first-order chi connectivity index (χ1) is 18.4. The number of anilines is 5. The van der Waals surface area contributed by atoms with Crippen LogP contribution in [0.2, 0.25) is 0 Å². The molecule has 1 unspecified atom stereocenters. The molecule has 1 aromatic carbocycles. The number of nitrogens with zero attached hydrogens (tertiary/aromatic N) is 7. The zero-order chi connectivity index (χ0) is 26.6. The van der Waals surface area contributed by atoms with E-state index < -0.39 is 11.2 Å². The van der Waals surface area contributed by atoms with Gasteiger partial charge < -0.3 is 25.0 Å². The molecule has 1 saturated heterocycles. The van der Waals surface area contributed by atoms with Crippen LogP contribution in [0.25, 0.3) is 5.65 Å². The third-order valence-electron chi connectivity index (χ3n) is 6.33. The topological polar surface area (TPSA) is 120 Å². The third-order valence-corrected chi connectivity index (χ3v) is 7.05. The summed E-state index contributed by atoms with van der Waals surface area (Å²) < 4.78 is 13.7. The monoisotopic (exact) mass is 529 g/mol. The normalized spacial score (nSPS) is 14.2. The highest BCUT2D eigenvalue weighted by molar-refractivity contribution is 7.89. The molecule has 0 bridgehead atoms. The predicted molar refractivity (Wildman–Crippen MR) is 152 cm³/mol. The summed E-state index contributed by atoms with van der Waals surface area (Å²) in [7, 11) is 4.03. The van der Waals surface area contributed by atoms with Gasteiger partial charge in [0.05, 0.1) is 12.5 Å². The lowest BCUT2D eigenvalue weighted by molar-refractivity contribution is 0.402. The van der Waals surface area contributed by atoms with E-state index >= 15 is 0 Å². The Bertz CT molecular complexity index is 1450. The lowest BCUT2D eigenvalue weighted by Crippen LogP contribution is -2.20. The molecule has 3 aromatic heterocycles. The number of nitrogens with one attached hydrogen (secondary N) is 2. The molecule has 0 spiro atoms. The minimum Gasteiger partial charge on any atom is -0.616 e. The second-order valence-corrected chi connectivity index (χ2v) is 11.2. The molecule has 38 heavy (non-hydrogen) atoms. The van der Waals surface area contributed by atoms with Gasteiger partial charge in [0.2, 0.25) is 0 Å². The molecule has 10 nitrogen and oxygen atoms in total. The Kier molecular flexibility index (Phi) is 7.64. The van der Waals surface area contributed by atoms with E-state index in [0.29, 0.717) is 34.4 Å². The molecule has 2 N–H and O–H groups in total. The Morgan fingerprint density at radius 2 is 1.89 bits per heavy atom. The Labute approximate surface area is 225 Å². The van der Waals surface area contributed by atoms with Gasteiger partial charge in [0.15, 0.2) is 5.65 Å². The third kappa shape index (κ3) is 5.83. The maximum absolute atomic E-state index is 12.1. The van der Waals surface area contributed by atoms with Crippen LogP contribution in [0.15, 0.2) is 48.8 Å². The standard InChI is InChI=1S/C27H31N9OS/c1-34(2)17-19-6-9-24(29-15-19)32-26-13-25(33-27-21(14-28)16-30-36(26)27)31-22-7-8-23(35-10-4-5-11-35)20(12-22)18-38(3)37/h6-9,12-13,15-16H,4-5,10-11,17-18H2,1-3H3,(H,29,32)(H,31,33). The largest absolute Gasteiger partial charge is 0.616 e. The molecule has 1 fully saturated rings. The van der Waals surface area contributed by atoms with Gasteiger partial charge in [-0.05, 0) is 56.8 Å². The minimum absolute atomic E-state index is 0.373. The van der Waals surface area contributed by atoms with Gasteiger partial charge in [0.1, 0.15) is 34.8 Å². The quantitative estimate of drug-likeness (QED) is 0.310. The maximum atomic E-state index is 12.1. The molecule has 196 valence electrons. The fourth-order valence-corrected chi connectivity index (χ4v) is 5.36. The van der Waals surface area contributed by atoms with Gasteiger partial charge >= 0.3 is 0 Å². The lowest BCUT2D eigenvalue weighted by atomic mass is 10.1. The van der Waals surface area contributed by atoms with Crippen molar-refractivity contribution in [2.45, 2.75) is 25.1 Å². The minimum atomic E-state index is -0.968. The van der Waals surface area contributed by atoms with Crippen LogP contribution in [-0.4, -0.2) is 62.5 Å². The summed E-state index contributed by atoms with van der Waals surface area (Å²) in [5.74, 6) is 2.31. The maximum Gasteiger partial charge on any atom is 0.177 e. The van der Waals surface area contributed by atoms with Crippen molar-refractivity contribution in [1.82, 2.24) is 24.5 Å². The summed E-state index contributed by atoms with van der Waals surface area (Å²) in [5, 5.41) is 20.7. The lowest BCUT2D eigenvalue weighted by Gasteiger charge is -2.22. The first kappa shape index (κ1) is 25.8. The molecule has 4 aromatic rings. The molecule has 1 aliphatic heterocycles. The molecule has 0 amide bonds. The highest BCUT2D eigenvalue weighted by atomic mass is 32.2. The van der Waals surface area contributed by atoms with Crippen molar-refractivity contribution in [2.75, 3.05) is 49.0 Å². The molecule has 0 aliphatic carbocycles. The van der Waals surface area contributed by atoms with Gasteiger partial charge in [-0.1, -0.05) is 17.2 Å². The highest BCUT2D eigenvalue weighted by Crippen LogP contribution is 2.31. The average molecular weight is 530 g/mol. The fraction of sp³-hybridized carbons (Fsp3) is 0.333. The van der Waals surface area contributed by atoms with E-state index in [0.717, 1.165) is 42.1 Å². The predicted octanol–water partition coefficient (Wildman–Crippen LogP) is 4.02. The number of pyridine rings is 1.